The highest BCUT2D eigenvalue weighted by Gasteiger charge is 2.15. The zero-order chi connectivity index (χ0) is 12.7. The fraction of sp³-hybridized carbons (Fsp3) is 0. The maximum atomic E-state index is 13.6. The monoisotopic (exact) mass is 247 g/mol. The number of hydrogen-bond donors (Lipinski definition) is 1. The van der Waals surface area contributed by atoms with Crippen molar-refractivity contribution >= 4 is 11.0 Å². The molecule has 2 aromatic carbocycles. The number of phenols is 1. The van der Waals surface area contributed by atoms with Gasteiger partial charge < -0.3 is 9.63 Å². The fourth-order valence-corrected chi connectivity index (χ4v) is 1.80. The van der Waals surface area contributed by atoms with E-state index in [4.69, 9.17) is 4.52 Å². The van der Waals surface area contributed by atoms with Crippen LogP contribution in [0.25, 0.3) is 22.2 Å². The third kappa shape index (κ3) is 1.60. The van der Waals surface area contributed by atoms with Gasteiger partial charge in [-0.2, -0.15) is 0 Å². The molecule has 0 aliphatic rings. The zero-order valence-electron chi connectivity index (χ0n) is 9.02. The van der Waals surface area contributed by atoms with Gasteiger partial charge in [-0.25, -0.2) is 8.78 Å². The molecule has 1 heterocycles. The molecule has 1 aromatic heterocycles. The number of rotatable bonds is 1. The van der Waals surface area contributed by atoms with Crippen molar-refractivity contribution in [2.75, 3.05) is 0 Å². The molecule has 0 atom stereocenters. The number of hydrogen-bond acceptors (Lipinski definition) is 3. The van der Waals surface area contributed by atoms with E-state index in [-0.39, 0.29) is 17.0 Å². The average Bonchev–Trinajstić information content (AvgIpc) is 2.75. The van der Waals surface area contributed by atoms with Gasteiger partial charge in [0.2, 0.25) is 0 Å². The Morgan fingerprint density at radius 2 is 1.89 bits per heavy atom. The van der Waals surface area contributed by atoms with Crippen LogP contribution in [0.5, 0.6) is 5.75 Å². The number of halogens is 2. The van der Waals surface area contributed by atoms with Crippen LogP contribution in [0.1, 0.15) is 0 Å². The summed E-state index contributed by atoms with van der Waals surface area (Å²) in [5, 5.41) is 13.5. The van der Waals surface area contributed by atoms with E-state index in [1.54, 1.807) is 6.07 Å². The first-order chi connectivity index (χ1) is 8.65. The lowest BCUT2D eigenvalue weighted by molar-refractivity contribution is 0.450. The fourth-order valence-electron chi connectivity index (χ4n) is 1.80. The second kappa shape index (κ2) is 3.80. The molecule has 18 heavy (non-hydrogen) atoms. The van der Waals surface area contributed by atoms with Crippen molar-refractivity contribution in [3.8, 4) is 17.0 Å². The Labute approximate surface area is 100 Å². The molecular formula is C13H7F2NO2. The molecule has 0 aliphatic carbocycles. The number of aromatic nitrogens is 1. The smallest absolute Gasteiger partial charge is 0.171 e. The minimum atomic E-state index is -0.584. The molecule has 0 unspecified atom stereocenters. The Morgan fingerprint density at radius 1 is 1.06 bits per heavy atom. The molecule has 1 N–H and O–H groups in total. The number of fused-ring (bicyclic) bond motifs is 1. The van der Waals surface area contributed by atoms with Crippen LogP contribution in [-0.4, -0.2) is 10.3 Å². The molecule has 0 spiro atoms. The van der Waals surface area contributed by atoms with E-state index in [1.165, 1.54) is 12.1 Å². The molecule has 3 rings (SSSR count). The topological polar surface area (TPSA) is 46.3 Å². The number of nitrogens with zero attached hydrogens (tertiary/aromatic N) is 1. The molecule has 3 nitrogen and oxygen atoms in total. The molecule has 3 aromatic rings. The van der Waals surface area contributed by atoms with Gasteiger partial charge in [-0.15, -0.1) is 0 Å². The summed E-state index contributed by atoms with van der Waals surface area (Å²) in [5.41, 5.74) is 0.551. The van der Waals surface area contributed by atoms with Gasteiger partial charge in [0.25, 0.3) is 0 Å². The summed E-state index contributed by atoms with van der Waals surface area (Å²) in [7, 11) is 0. The quantitative estimate of drug-likeness (QED) is 0.716. The maximum Gasteiger partial charge on any atom is 0.171 e. The minimum absolute atomic E-state index is 0.0184. The number of phenolic OH excluding ortho intramolecular Hbond substituents is 1. The van der Waals surface area contributed by atoms with Crippen molar-refractivity contribution in [2.24, 2.45) is 0 Å². The second-order valence-corrected chi connectivity index (χ2v) is 3.84. The predicted molar refractivity (Wildman–Crippen MR) is 61.0 cm³/mol. The highest BCUT2D eigenvalue weighted by molar-refractivity contribution is 5.92. The average molecular weight is 247 g/mol. The normalized spacial score (nSPS) is 11.0. The van der Waals surface area contributed by atoms with E-state index >= 15 is 0 Å². The molecule has 0 fully saturated rings. The Balaban J connectivity index is 2.28. The standard InChI is InChI=1S/C13H7F2NO2/c14-7-1-4-11(15)10(5-7)13-9-3-2-8(17)6-12(9)18-16-13/h1-6,17H. The van der Waals surface area contributed by atoms with Crippen molar-refractivity contribution in [1.82, 2.24) is 5.16 Å². The van der Waals surface area contributed by atoms with Gasteiger partial charge in [0.05, 0.1) is 5.39 Å². The molecule has 0 aliphatic heterocycles. The van der Waals surface area contributed by atoms with Crippen molar-refractivity contribution in [3.63, 3.8) is 0 Å². The Hall–Kier alpha value is -2.43. The summed E-state index contributed by atoms with van der Waals surface area (Å²) < 4.78 is 31.8. The van der Waals surface area contributed by atoms with Gasteiger partial charge in [0.1, 0.15) is 23.1 Å². The molecule has 90 valence electrons. The van der Waals surface area contributed by atoms with E-state index in [0.29, 0.717) is 11.0 Å². The summed E-state index contributed by atoms with van der Waals surface area (Å²) in [6, 6.07) is 7.46. The minimum Gasteiger partial charge on any atom is -0.508 e. The first-order valence-electron chi connectivity index (χ1n) is 5.19. The lowest BCUT2D eigenvalue weighted by Gasteiger charge is -1.99. The lowest BCUT2D eigenvalue weighted by Crippen LogP contribution is -1.86. The first-order valence-corrected chi connectivity index (χ1v) is 5.19. The third-order valence-corrected chi connectivity index (χ3v) is 2.64. The highest BCUT2D eigenvalue weighted by atomic mass is 19.1. The summed E-state index contributed by atoms with van der Waals surface area (Å²) >= 11 is 0. The Morgan fingerprint density at radius 3 is 2.72 bits per heavy atom. The molecule has 0 amide bonds. The van der Waals surface area contributed by atoms with Gasteiger partial charge in [0, 0.05) is 11.6 Å². The van der Waals surface area contributed by atoms with E-state index in [1.807, 2.05) is 0 Å². The molecule has 0 radical (unpaired) electrons. The number of aromatic hydroxyl groups is 1. The van der Waals surface area contributed by atoms with Gasteiger partial charge >= 0.3 is 0 Å². The Kier molecular flexibility index (Phi) is 2.26. The van der Waals surface area contributed by atoms with E-state index < -0.39 is 11.6 Å². The van der Waals surface area contributed by atoms with Crippen LogP contribution in [0, 0.1) is 11.6 Å². The largest absolute Gasteiger partial charge is 0.508 e. The molecule has 0 bridgehead atoms. The summed E-state index contributed by atoms with van der Waals surface area (Å²) in [4.78, 5) is 0. The van der Waals surface area contributed by atoms with Crippen LogP contribution in [-0.2, 0) is 0 Å². The molecule has 0 saturated heterocycles. The van der Waals surface area contributed by atoms with Crippen LogP contribution >= 0.6 is 0 Å². The van der Waals surface area contributed by atoms with Gasteiger partial charge in [-0.05, 0) is 30.3 Å². The van der Waals surface area contributed by atoms with Crippen molar-refractivity contribution in [2.45, 2.75) is 0 Å². The SMILES string of the molecule is Oc1ccc2c(-c3cc(F)ccc3F)noc2c1. The maximum absolute atomic E-state index is 13.6. The van der Waals surface area contributed by atoms with Crippen LogP contribution < -0.4 is 0 Å². The van der Waals surface area contributed by atoms with Crippen LogP contribution in [0.15, 0.2) is 40.9 Å². The summed E-state index contributed by atoms with van der Waals surface area (Å²) in [5.74, 6) is -1.12. The summed E-state index contributed by atoms with van der Waals surface area (Å²) in [6.45, 7) is 0. The first kappa shape index (κ1) is 10.7. The number of benzene rings is 2. The van der Waals surface area contributed by atoms with Crippen molar-refractivity contribution < 1.29 is 18.4 Å². The predicted octanol–water partition coefficient (Wildman–Crippen LogP) is 3.48. The zero-order valence-corrected chi connectivity index (χ0v) is 9.02. The third-order valence-electron chi connectivity index (χ3n) is 2.64. The molecule has 5 heteroatoms. The van der Waals surface area contributed by atoms with Gasteiger partial charge in [0.15, 0.2) is 5.58 Å². The van der Waals surface area contributed by atoms with Gasteiger partial charge in [-0.1, -0.05) is 5.16 Å². The summed E-state index contributed by atoms with van der Waals surface area (Å²) in [6.07, 6.45) is 0. The van der Waals surface area contributed by atoms with Crippen molar-refractivity contribution in [3.05, 3.63) is 48.0 Å². The lowest BCUT2D eigenvalue weighted by atomic mass is 10.1. The second-order valence-electron chi connectivity index (χ2n) is 3.84. The van der Waals surface area contributed by atoms with Crippen molar-refractivity contribution in [1.29, 1.82) is 0 Å². The Bertz CT molecular complexity index is 737. The van der Waals surface area contributed by atoms with Crippen LogP contribution in [0.4, 0.5) is 8.78 Å². The highest BCUT2D eigenvalue weighted by Crippen LogP contribution is 2.31. The van der Waals surface area contributed by atoms with Gasteiger partial charge in [-0.3, -0.25) is 0 Å². The molecular weight excluding hydrogens is 240 g/mol. The van der Waals surface area contributed by atoms with E-state index in [0.717, 1.165) is 18.2 Å². The van der Waals surface area contributed by atoms with Crippen LogP contribution in [0.2, 0.25) is 0 Å². The molecule has 0 saturated carbocycles. The van der Waals surface area contributed by atoms with E-state index in [2.05, 4.69) is 5.16 Å². The van der Waals surface area contributed by atoms with Crippen LogP contribution in [0.3, 0.4) is 0 Å². The van der Waals surface area contributed by atoms with E-state index in [9.17, 15) is 13.9 Å².